The zero-order valence-electron chi connectivity index (χ0n) is 16.8. The SMILES string of the molecule is CCNC(=O)Nc1cc2c(-c3ccncc3)ccc(CNC(=O)c3ccn[nH]3)c2cn1. The number of fused-ring (bicyclic) bond motifs is 1. The van der Waals surface area contributed by atoms with Gasteiger partial charge in [-0.25, -0.2) is 9.78 Å². The van der Waals surface area contributed by atoms with Crippen LogP contribution in [-0.2, 0) is 6.54 Å². The Labute approximate surface area is 178 Å². The number of rotatable bonds is 6. The Balaban J connectivity index is 1.70. The number of aromatic amines is 1. The lowest BCUT2D eigenvalue weighted by molar-refractivity contribution is 0.0946. The Morgan fingerprint density at radius 2 is 1.84 bits per heavy atom. The molecule has 3 heterocycles. The van der Waals surface area contributed by atoms with Crippen molar-refractivity contribution in [2.45, 2.75) is 13.5 Å². The number of carbonyl (C=O) groups excluding carboxylic acids is 2. The zero-order valence-corrected chi connectivity index (χ0v) is 16.8. The minimum Gasteiger partial charge on any atom is -0.347 e. The number of benzene rings is 1. The monoisotopic (exact) mass is 415 g/mol. The van der Waals surface area contributed by atoms with Gasteiger partial charge in [0, 0.05) is 43.3 Å². The summed E-state index contributed by atoms with van der Waals surface area (Å²) >= 11 is 0. The van der Waals surface area contributed by atoms with Crippen LogP contribution in [0.4, 0.5) is 10.6 Å². The molecule has 0 radical (unpaired) electrons. The normalized spacial score (nSPS) is 10.6. The molecule has 3 aromatic heterocycles. The van der Waals surface area contributed by atoms with E-state index < -0.39 is 0 Å². The van der Waals surface area contributed by atoms with E-state index >= 15 is 0 Å². The van der Waals surface area contributed by atoms with E-state index in [9.17, 15) is 9.59 Å². The first-order valence-electron chi connectivity index (χ1n) is 9.80. The molecule has 9 heteroatoms. The number of carbonyl (C=O) groups is 2. The van der Waals surface area contributed by atoms with Gasteiger partial charge in [-0.1, -0.05) is 12.1 Å². The third kappa shape index (κ3) is 4.50. The number of nitrogens with zero attached hydrogens (tertiary/aromatic N) is 3. The van der Waals surface area contributed by atoms with Crippen molar-refractivity contribution >= 4 is 28.5 Å². The van der Waals surface area contributed by atoms with Crippen LogP contribution in [0.15, 0.2) is 61.2 Å². The maximum Gasteiger partial charge on any atom is 0.320 e. The van der Waals surface area contributed by atoms with Crippen molar-refractivity contribution in [2.75, 3.05) is 11.9 Å². The predicted octanol–water partition coefficient (Wildman–Crippen LogP) is 3.09. The number of pyridine rings is 2. The molecule has 4 aromatic rings. The number of H-pyrrole nitrogens is 1. The molecule has 0 aliphatic heterocycles. The van der Waals surface area contributed by atoms with Crippen LogP contribution in [0.2, 0.25) is 0 Å². The van der Waals surface area contributed by atoms with E-state index in [2.05, 4.69) is 36.1 Å². The third-order valence-electron chi connectivity index (χ3n) is 4.75. The van der Waals surface area contributed by atoms with Gasteiger partial charge >= 0.3 is 6.03 Å². The molecular formula is C22H21N7O2. The number of nitrogens with one attached hydrogen (secondary N) is 4. The average molecular weight is 415 g/mol. The molecule has 0 atom stereocenters. The summed E-state index contributed by atoms with van der Waals surface area (Å²) in [6.45, 7) is 2.68. The summed E-state index contributed by atoms with van der Waals surface area (Å²) in [5, 5.41) is 16.6. The molecule has 0 fully saturated rings. The second kappa shape index (κ2) is 9.04. The second-order valence-electron chi connectivity index (χ2n) is 6.76. The van der Waals surface area contributed by atoms with Gasteiger partial charge < -0.3 is 10.6 Å². The summed E-state index contributed by atoms with van der Waals surface area (Å²) in [6.07, 6.45) is 6.70. The molecule has 4 N–H and O–H groups in total. The largest absolute Gasteiger partial charge is 0.347 e. The molecular weight excluding hydrogens is 394 g/mol. The van der Waals surface area contributed by atoms with Crippen molar-refractivity contribution in [3.63, 3.8) is 0 Å². The number of anilines is 1. The Bertz CT molecular complexity index is 1210. The molecule has 0 saturated carbocycles. The maximum absolute atomic E-state index is 12.3. The molecule has 0 bridgehead atoms. The topological polar surface area (TPSA) is 125 Å². The van der Waals surface area contributed by atoms with E-state index in [-0.39, 0.29) is 11.9 Å². The molecule has 4 rings (SSSR count). The summed E-state index contributed by atoms with van der Waals surface area (Å²) in [5.41, 5.74) is 3.26. The van der Waals surface area contributed by atoms with Gasteiger partial charge in [-0.3, -0.25) is 20.2 Å². The van der Waals surface area contributed by atoms with Crippen molar-refractivity contribution in [3.05, 3.63) is 72.4 Å². The molecule has 0 aliphatic rings. The first-order chi connectivity index (χ1) is 15.2. The van der Waals surface area contributed by atoms with Crippen LogP contribution < -0.4 is 16.0 Å². The van der Waals surface area contributed by atoms with Crippen LogP contribution >= 0.6 is 0 Å². The van der Waals surface area contributed by atoms with E-state index in [1.807, 2.05) is 37.3 Å². The van der Waals surface area contributed by atoms with Crippen molar-refractivity contribution in [2.24, 2.45) is 0 Å². The first-order valence-corrected chi connectivity index (χ1v) is 9.80. The van der Waals surface area contributed by atoms with E-state index in [0.717, 1.165) is 27.5 Å². The van der Waals surface area contributed by atoms with Crippen LogP contribution in [0.1, 0.15) is 23.0 Å². The van der Waals surface area contributed by atoms with Crippen LogP contribution in [0.3, 0.4) is 0 Å². The molecule has 9 nitrogen and oxygen atoms in total. The lowest BCUT2D eigenvalue weighted by Crippen LogP contribution is -2.28. The average Bonchev–Trinajstić information content (AvgIpc) is 3.33. The number of hydrogen-bond donors (Lipinski definition) is 4. The third-order valence-corrected chi connectivity index (χ3v) is 4.75. The van der Waals surface area contributed by atoms with Gasteiger partial charge in [-0.05, 0) is 53.3 Å². The van der Waals surface area contributed by atoms with Crippen molar-refractivity contribution in [1.82, 2.24) is 30.8 Å². The number of aromatic nitrogens is 4. The highest BCUT2D eigenvalue weighted by molar-refractivity contribution is 6.01. The summed E-state index contributed by atoms with van der Waals surface area (Å²) in [5.74, 6) is 0.193. The molecule has 0 aliphatic carbocycles. The number of urea groups is 1. The Kier molecular flexibility index (Phi) is 5.84. The molecule has 0 unspecified atom stereocenters. The maximum atomic E-state index is 12.3. The fraction of sp³-hybridized carbons (Fsp3) is 0.136. The van der Waals surface area contributed by atoms with Gasteiger partial charge in [0.05, 0.1) is 0 Å². The van der Waals surface area contributed by atoms with Gasteiger partial charge in [-0.2, -0.15) is 5.10 Å². The fourth-order valence-corrected chi connectivity index (χ4v) is 3.28. The van der Waals surface area contributed by atoms with Crippen molar-refractivity contribution in [3.8, 4) is 11.1 Å². The van der Waals surface area contributed by atoms with Crippen LogP contribution in [-0.4, -0.2) is 38.6 Å². The highest BCUT2D eigenvalue weighted by atomic mass is 16.2. The molecule has 156 valence electrons. The lowest BCUT2D eigenvalue weighted by atomic mass is 9.96. The van der Waals surface area contributed by atoms with Crippen molar-refractivity contribution in [1.29, 1.82) is 0 Å². The van der Waals surface area contributed by atoms with Gasteiger partial charge in [0.15, 0.2) is 0 Å². The smallest absolute Gasteiger partial charge is 0.320 e. The zero-order chi connectivity index (χ0) is 21.6. The van der Waals surface area contributed by atoms with Crippen LogP contribution in [0.5, 0.6) is 0 Å². The van der Waals surface area contributed by atoms with Gasteiger partial charge in [0.2, 0.25) is 0 Å². The number of amides is 3. The van der Waals surface area contributed by atoms with Gasteiger partial charge in [-0.15, -0.1) is 0 Å². The number of hydrogen-bond acceptors (Lipinski definition) is 5. The lowest BCUT2D eigenvalue weighted by Gasteiger charge is -2.14. The van der Waals surface area contributed by atoms with Gasteiger partial charge in [0.1, 0.15) is 11.5 Å². The van der Waals surface area contributed by atoms with E-state index in [0.29, 0.717) is 24.6 Å². The predicted molar refractivity (Wildman–Crippen MR) is 117 cm³/mol. The second-order valence-corrected chi connectivity index (χ2v) is 6.76. The van der Waals surface area contributed by atoms with E-state index in [1.165, 1.54) is 6.20 Å². The highest BCUT2D eigenvalue weighted by Crippen LogP contribution is 2.31. The molecule has 31 heavy (non-hydrogen) atoms. The quantitative estimate of drug-likeness (QED) is 0.385. The summed E-state index contributed by atoms with van der Waals surface area (Å²) < 4.78 is 0. The Morgan fingerprint density at radius 3 is 2.58 bits per heavy atom. The summed E-state index contributed by atoms with van der Waals surface area (Å²) in [6, 6.07) is 10.9. The molecule has 3 amide bonds. The van der Waals surface area contributed by atoms with E-state index in [4.69, 9.17) is 0 Å². The standard InChI is InChI=1S/C22H21N7O2/c1-2-24-22(31)28-20-11-17-16(14-5-8-23-9-6-14)4-3-15(18(17)13-25-20)12-26-21(30)19-7-10-27-29-19/h3-11,13H,2,12H2,1H3,(H,26,30)(H,27,29)(H2,24,25,28,31). The highest BCUT2D eigenvalue weighted by Gasteiger charge is 2.13. The first kappa shape index (κ1) is 20.0. The minimum absolute atomic E-state index is 0.244. The van der Waals surface area contributed by atoms with Crippen LogP contribution in [0.25, 0.3) is 21.9 Å². The van der Waals surface area contributed by atoms with Gasteiger partial charge in [0.25, 0.3) is 5.91 Å². The molecule has 0 saturated heterocycles. The van der Waals surface area contributed by atoms with Crippen LogP contribution in [0, 0.1) is 0 Å². The summed E-state index contributed by atoms with van der Waals surface area (Å²) in [7, 11) is 0. The summed E-state index contributed by atoms with van der Waals surface area (Å²) in [4.78, 5) is 32.7. The van der Waals surface area contributed by atoms with Crippen molar-refractivity contribution < 1.29 is 9.59 Å². The minimum atomic E-state index is -0.317. The Hall–Kier alpha value is -4.27. The Morgan fingerprint density at radius 1 is 1.00 bits per heavy atom. The molecule has 1 aromatic carbocycles. The molecule has 0 spiro atoms. The fourth-order valence-electron chi connectivity index (χ4n) is 3.28. The van der Waals surface area contributed by atoms with E-state index in [1.54, 1.807) is 24.7 Å².